The molecule has 0 unspecified atom stereocenters. The van der Waals surface area contributed by atoms with E-state index >= 15 is 0 Å². The largest absolute Gasteiger partial charge is 0.317 e. The van der Waals surface area contributed by atoms with Crippen molar-refractivity contribution in [2.24, 2.45) is 0 Å². The van der Waals surface area contributed by atoms with Gasteiger partial charge in [-0.15, -0.1) is 0 Å². The van der Waals surface area contributed by atoms with Crippen LogP contribution in [0.2, 0.25) is 0 Å². The van der Waals surface area contributed by atoms with Gasteiger partial charge in [-0.3, -0.25) is 0 Å². The quantitative estimate of drug-likeness (QED) is 0.705. The minimum atomic E-state index is 1.25. The average molecular weight is 213 g/mol. The molecule has 1 fully saturated rings. The summed E-state index contributed by atoms with van der Waals surface area (Å²) in [6.07, 6.45) is 4.22. The molecule has 1 saturated heterocycles. The van der Waals surface area contributed by atoms with Gasteiger partial charge >= 0.3 is 0 Å². The van der Waals surface area contributed by atoms with Crippen LogP contribution in [0.4, 0.5) is 0 Å². The third kappa shape index (κ3) is 3.35. The fourth-order valence-corrected chi connectivity index (χ4v) is 1.93. The van der Waals surface area contributed by atoms with Crippen LogP contribution in [0.15, 0.2) is 48.5 Å². The zero-order valence-electron chi connectivity index (χ0n) is 9.65. The molecule has 0 spiro atoms. The molecule has 0 bridgehead atoms. The van der Waals surface area contributed by atoms with Crippen molar-refractivity contribution in [3.63, 3.8) is 0 Å². The normalized spacial score (nSPS) is 15.2. The first-order valence-electron chi connectivity index (χ1n) is 6.11. The molecule has 1 aliphatic heterocycles. The van der Waals surface area contributed by atoms with Gasteiger partial charge in [-0.1, -0.05) is 55.0 Å². The Hall–Kier alpha value is -1.34. The number of hydrogen-bond acceptors (Lipinski definition) is 1. The molecule has 2 aromatic carbocycles. The van der Waals surface area contributed by atoms with E-state index in [9.17, 15) is 0 Å². The molecule has 1 N–H and O–H groups in total. The van der Waals surface area contributed by atoms with E-state index in [1.807, 2.05) is 0 Å². The molecule has 84 valence electrons. The maximum absolute atomic E-state index is 3.28. The van der Waals surface area contributed by atoms with Crippen LogP contribution < -0.4 is 5.32 Å². The second-order valence-corrected chi connectivity index (χ2v) is 4.16. The number of hydrogen-bond donors (Lipinski definition) is 1. The first-order chi connectivity index (χ1) is 7.97. The Morgan fingerprint density at radius 2 is 1.06 bits per heavy atom. The van der Waals surface area contributed by atoms with Crippen LogP contribution >= 0.6 is 0 Å². The number of piperidine rings is 1. The van der Waals surface area contributed by atoms with Crippen molar-refractivity contribution in [1.82, 2.24) is 5.32 Å². The molecule has 0 atom stereocenters. The highest BCUT2D eigenvalue weighted by atomic mass is 14.9. The monoisotopic (exact) mass is 213 g/mol. The topological polar surface area (TPSA) is 12.0 Å². The lowest BCUT2D eigenvalue weighted by Crippen LogP contribution is -2.21. The molecule has 1 heterocycles. The lowest BCUT2D eigenvalue weighted by atomic mass is 10.1. The van der Waals surface area contributed by atoms with Crippen LogP contribution in [-0.2, 0) is 0 Å². The summed E-state index contributed by atoms with van der Waals surface area (Å²) in [4.78, 5) is 0. The summed E-state index contributed by atoms with van der Waals surface area (Å²) < 4.78 is 0. The van der Waals surface area contributed by atoms with Crippen LogP contribution in [0.25, 0.3) is 10.8 Å². The smallest absolute Gasteiger partial charge is 0.00489 e. The SMILES string of the molecule is C1CCNCC1.c1ccc2ccccc2c1. The fraction of sp³-hybridized carbons (Fsp3) is 0.333. The molecule has 3 rings (SSSR count). The average Bonchev–Trinajstić information content (AvgIpc) is 2.42. The Kier molecular flexibility index (Phi) is 4.38. The first kappa shape index (κ1) is 11.2. The third-order valence-corrected chi connectivity index (χ3v) is 2.87. The molecule has 0 aromatic heterocycles. The molecule has 1 heteroatoms. The predicted molar refractivity (Wildman–Crippen MR) is 70.7 cm³/mol. The summed E-state index contributed by atoms with van der Waals surface area (Å²) in [6, 6.07) is 16.7. The van der Waals surface area contributed by atoms with Gasteiger partial charge in [-0.2, -0.15) is 0 Å². The molecule has 1 nitrogen and oxygen atoms in total. The van der Waals surface area contributed by atoms with Crippen LogP contribution in [-0.4, -0.2) is 13.1 Å². The molecule has 0 radical (unpaired) electrons. The summed E-state index contributed by atoms with van der Waals surface area (Å²) in [5.74, 6) is 0. The maximum Gasteiger partial charge on any atom is -0.00489 e. The minimum absolute atomic E-state index is 1.25. The highest BCUT2D eigenvalue weighted by Crippen LogP contribution is 2.11. The Labute approximate surface area is 97.5 Å². The highest BCUT2D eigenvalue weighted by Gasteiger charge is 1.93. The van der Waals surface area contributed by atoms with E-state index in [1.165, 1.54) is 43.1 Å². The summed E-state index contributed by atoms with van der Waals surface area (Å²) >= 11 is 0. The van der Waals surface area contributed by atoms with Gasteiger partial charge in [0.25, 0.3) is 0 Å². The van der Waals surface area contributed by atoms with Crippen molar-refractivity contribution < 1.29 is 0 Å². The maximum atomic E-state index is 3.28. The van der Waals surface area contributed by atoms with Gasteiger partial charge in [-0.05, 0) is 36.7 Å². The van der Waals surface area contributed by atoms with E-state index in [-0.39, 0.29) is 0 Å². The van der Waals surface area contributed by atoms with Crippen molar-refractivity contribution >= 4 is 10.8 Å². The van der Waals surface area contributed by atoms with E-state index in [4.69, 9.17) is 0 Å². The van der Waals surface area contributed by atoms with Gasteiger partial charge in [0.2, 0.25) is 0 Å². The second kappa shape index (κ2) is 6.29. The summed E-state index contributed by atoms with van der Waals surface area (Å²) in [7, 11) is 0. The van der Waals surface area contributed by atoms with Gasteiger partial charge < -0.3 is 5.32 Å². The number of nitrogens with one attached hydrogen (secondary N) is 1. The Morgan fingerprint density at radius 1 is 0.625 bits per heavy atom. The van der Waals surface area contributed by atoms with Gasteiger partial charge in [0, 0.05) is 0 Å². The zero-order valence-corrected chi connectivity index (χ0v) is 9.65. The minimum Gasteiger partial charge on any atom is -0.317 e. The molecular weight excluding hydrogens is 194 g/mol. The third-order valence-electron chi connectivity index (χ3n) is 2.87. The molecule has 0 aliphatic carbocycles. The van der Waals surface area contributed by atoms with E-state index < -0.39 is 0 Å². The van der Waals surface area contributed by atoms with Gasteiger partial charge in [0.15, 0.2) is 0 Å². The molecular formula is C15H19N. The fourth-order valence-electron chi connectivity index (χ4n) is 1.93. The molecule has 2 aromatic rings. The van der Waals surface area contributed by atoms with Crippen molar-refractivity contribution in [2.75, 3.05) is 13.1 Å². The summed E-state index contributed by atoms with van der Waals surface area (Å²) in [5, 5.41) is 5.91. The Bertz CT molecular complexity index is 341. The molecule has 0 saturated carbocycles. The van der Waals surface area contributed by atoms with E-state index in [1.54, 1.807) is 0 Å². The van der Waals surface area contributed by atoms with E-state index in [2.05, 4.69) is 53.8 Å². The molecule has 1 aliphatic rings. The van der Waals surface area contributed by atoms with Gasteiger partial charge in [-0.25, -0.2) is 0 Å². The lowest BCUT2D eigenvalue weighted by Gasteiger charge is -2.08. The second-order valence-electron chi connectivity index (χ2n) is 4.16. The van der Waals surface area contributed by atoms with Crippen molar-refractivity contribution in [3.8, 4) is 0 Å². The van der Waals surface area contributed by atoms with Crippen LogP contribution in [0.5, 0.6) is 0 Å². The Morgan fingerprint density at radius 3 is 1.31 bits per heavy atom. The van der Waals surface area contributed by atoms with Crippen LogP contribution in [0.1, 0.15) is 19.3 Å². The van der Waals surface area contributed by atoms with Crippen LogP contribution in [0.3, 0.4) is 0 Å². The Balaban J connectivity index is 0.000000138. The lowest BCUT2D eigenvalue weighted by molar-refractivity contribution is 0.520. The summed E-state index contributed by atoms with van der Waals surface area (Å²) in [5.41, 5.74) is 0. The van der Waals surface area contributed by atoms with Crippen molar-refractivity contribution in [3.05, 3.63) is 48.5 Å². The van der Waals surface area contributed by atoms with Crippen LogP contribution in [0, 0.1) is 0 Å². The van der Waals surface area contributed by atoms with Gasteiger partial charge in [0.05, 0.1) is 0 Å². The van der Waals surface area contributed by atoms with E-state index in [0.717, 1.165) is 0 Å². The van der Waals surface area contributed by atoms with Gasteiger partial charge in [0.1, 0.15) is 0 Å². The van der Waals surface area contributed by atoms with Crippen molar-refractivity contribution in [1.29, 1.82) is 0 Å². The number of rotatable bonds is 0. The molecule has 16 heavy (non-hydrogen) atoms. The van der Waals surface area contributed by atoms with Crippen molar-refractivity contribution in [2.45, 2.75) is 19.3 Å². The zero-order chi connectivity index (χ0) is 11.1. The highest BCUT2D eigenvalue weighted by molar-refractivity contribution is 5.81. The first-order valence-corrected chi connectivity index (χ1v) is 6.11. The number of benzene rings is 2. The molecule has 0 amide bonds. The standard InChI is InChI=1S/C10H8.C5H11N/c1-2-6-10-8-4-3-7-9(10)5-1;1-2-4-6-5-3-1/h1-8H;6H,1-5H2. The van der Waals surface area contributed by atoms with E-state index in [0.29, 0.717) is 0 Å². The predicted octanol–water partition coefficient (Wildman–Crippen LogP) is 3.60. The summed E-state index contributed by atoms with van der Waals surface area (Å²) in [6.45, 7) is 2.50. The number of fused-ring (bicyclic) bond motifs is 1.